The summed E-state index contributed by atoms with van der Waals surface area (Å²) in [5.41, 5.74) is 4.12. The highest BCUT2D eigenvalue weighted by molar-refractivity contribution is 6.31. The molecule has 0 aliphatic carbocycles. The van der Waals surface area contributed by atoms with Crippen LogP contribution in [0.15, 0.2) is 18.2 Å². The summed E-state index contributed by atoms with van der Waals surface area (Å²) in [5, 5.41) is 0.627. The SMILES string of the molecule is CCCC(C(=O)NN)c1ccc(C)cc1Cl. The van der Waals surface area contributed by atoms with Crippen molar-refractivity contribution in [1.82, 2.24) is 5.43 Å². The number of halogens is 1. The third kappa shape index (κ3) is 2.97. The zero-order valence-corrected chi connectivity index (χ0v) is 10.3. The summed E-state index contributed by atoms with van der Waals surface area (Å²) < 4.78 is 0. The quantitative estimate of drug-likeness (QED) is 0.483. The van der Waals surface area contributed by atoms with Gasteiger partial charge in [-0.3, -0.25) is 10.2 Å². The van der Waals surface area contributed by atoms with Gasteiger partial charge in [-0.15, -0.1) is 0 Å². The number of rotatable bonds is 4. The number of nitrogens with two attached hydrogens (primary N) is 1. The average Bonchev–Trinajstić information content (AvgIpc) is 2.26. The summed E-state index contributed by atoms with van der Waals surface area (Å²) in [7, 11) is 0. The Morgan fingerprint density at radius 1 is 1.56 bits per heavy atom. The van der Waals surface area contributed by atoms with Crippen LogP contribution in [0.4, 0.5) is 0 Å². The predicted molar refractivity (Wildman–Crippen MR) is 66.2 cm³/mol. The Bertz CT molecular complexity index is 379. The lowest BCUT2D eigenvalue weighted by Crippen LogP contribution is -2.34. The normalized spacial score (nSPS) is 12.2. The Hall–Kier alpha value is -1.06. The fraction of sp³-hybridized carbons (Fsp3) is 0.417. The summed E-state index contributed by atoms with van der Waals surface area (Å²) in [6.45, 7) is 3.99. The highest BCUT2D eigenvalue weighted by Crippen LogP contribution is 2.29. The van der Waals surface area contributed by atoms with Crippen molar-refractivity contribution in [1.29, 1.82) is 0 Å². The third-order valence-electron chi connectivity index (χ3n) is 2.57. The molecule has 1 atom stereocenters. The molecule has 0 heterocycles. The minimum atomic E-state index is -0.261. The number of nitrogens with one attached hydrogen (secondary N) is 1. The molecule has 0 fully saturated rings. The van der Waals surface area contributed by atoms with Gasteiger partial charge in [0.15, 0.2) is 0 Å². The fourth-order valence-electron chi connectivity index (χ4n) is 1.73. The van der Waals surface area contributed by atoms with Crippen molar-refractivity contribution in [2.75, 3.05) is 0 Å². The first-order chi connectivity index (χ1) is 7.60. The molecule has 0 saturated heterocycles. The number of carbonyl (C=O) groups is 1. The maximum Gasteiger partial charge on any atom is 0.241 e. The van der Waals surface area contributed by atoms with Gasteiger partial charge in [-0.25, -0.2) is 5.84 Å². The number of hydrogen-bond acceptors (Lipinski definition) is 2. The van der Waals surface area contributed by atoms with Crippen molar-refractivity contribution in [2.45, 2.75) is 32.6 Å². The highest BCUT2D eigenvalue weighted by atomic mass is 35.5. The van der Waals surface area contributed by atoms with Gasteiger partial charge in [-0.2, -0.15) is 0 Å². The van der Waals surface area contributed by atoms with Gasteiger partial charge in [0, 0.05) is 5.02 Å². The summed E-state index contributed by atoms with van der Waals surface area (Å²) >= 11 is 6.14. The van der Waals surface area contributed by atoms with Gasteiger partial charge >= 0.3 is 0 Å². The molecule has 0 saturated carbocycles. The Labute approximate surface area is 101 Å². The number of hydrogen-bond donors (Lipinski definition) is 2. The number of carbonyl (C=O) groups excluding carboxylic acids is 1. The predicted octanol–water partition coefficient (Wildman–Crippen LogP) is 2.52. The summed E-state index contributed by atoms with van der Waals surface area (Å²) in [5.74, 6) is 4.73. The van der Waals surface area contributed by atoms with Gasteiger partial charge in [-0.1, -0.05) is 37.1 Å². The van der Waals surface area contributed by atoms with Crippen molar-refractivity contribution in [3.05, 3.63) is 34.3 Å². The number of amides is 1. The Kier molecular flexibility index (Phi) is 4.77. The molecule has 1 amide bonds. The second-order valence-corrected chi connectivity index (χ2v) is 4.28. The molecule has 88 valence electrons. The van der Waals surface area contributed by atoms with E-state index in [9.17, 15) is 4.79 Å². The van der Waals surface area contributed by atoms with E-state index in [1.807, 2.05) is 32.0 Å². The zero-order chi connectivity index (χ0) is 12.1. The molecule has 1 aromatic carbocycles. The molecule has 1 rings (SSSR count). The van der Waals surface area contributed by atoms with Gasteiger partial charge < -0.3 is 0 Å². The summed E-state index contributed by atoms with van der Waals surface area (Å²) in [6, 6.07) is 5.71. The molecule has 0 radical (unpaired) electrons. The van der Waals surface area contributed by atoms with Crippen LogP contribution < -0.4 is 11.3 Å². The van der Waals surface area contributed by atoms with Crippen LogP contribution in [0.1, 0.15) is 36.8 Å². The zero-order valence-electron chi connectivity index (χ0n) is 9.59. The molecule has 3 N–H and O–H groups in total. The van der Waals surface area contributed by atoms with Crippen LogP contribution in [0.2, 0.25) is 5.02 Å². The van der Waals surface area contributed by atoms with Crippen molar-refractivity contribution in [2.24, 2.45) is 5.84 Å². The van der Waals surface area contributed by atoms with E-state index in [0.717, 1.165) is 24.0 Å². The molecule has 0 bridgehead atoms. The van der Waals surface area contributed by atoms with Crippen LogP contribution in [0.25, 0.3) is 0 Å². The number of hydrazine groups is 1. The molecule has 0 aromatic heterocycles. The van der Waals surface area contributed by atoms with E-state index < -0.39 is 0 Å². The van der Waals surface area contributed by atoms with Crippen molar-refractivity contribution < 1.29 is 4.79 Å². The van der Waals surface area contributed by atoms with E-state index >= 15 is 0 Å². The maximum absolute atomic E-state index is 11.6. The smallest absolute Gasteiger partial charge is 0.241 e. The molecular formula is C12H17ClN2O. The lowest BCUT2D eigenvalue weighted by molar-refractivity contribution is -0.122. The van der Waals surface area contributed by atoms with Gasteiger partial charge in [0.1, 0.15) is 0 Å². The standard InChI is InChI=1S/C12H17ClN2O/c1-3-4-10(12(16)15-14)9-6-5-8(2)7-11(9)13/h5-7,10H,3-4,14H2,1-2H3,(H,15,16). The topological polar surface area (TPSA) is 55.1 Å². The monoisotopic (exact) mass is 240 g/mol. The van der Waals surface area contributed by atoms with Crippen LogP contribution in [-0.4, -0.2) is 5.91 Å². The molecule has 1 aromatic rings. The van der Waals surface area contributed by atoms with Gasteiger partial charge in [0.05, 0.1) is 5.92 Å². The molecular weight excluding hydrogens is 224 g/mol. The van der Waals surface area contributed by atoms with Crippen LogP contribution in [0.5, 0.6) is 0 Å². The average molecular weight is 241 g/mol. The Balaban J connectivity index is 3.05. The first-order valence-corrected chi connectivity index (χ1v) is 5.74. The molecule has 0 aliphatic rings. The second-order valence-electron chi connectivity index (χ2n) is 3.87. The van der Waals surface area contributed by atoms with Crippen LogP contribution in [0, 0.1) is 6.92 Å². The van der Waals surface area contributed by atoms with Gasteiger partial charge in [0.25, 0.3) is 0 Å². The number of aryl methyl sites for hydroxylation is 1. The summed E-state index contributed by atoms with van der Waals surface area (Å²) in [4.78, 5) is 11.6. The lowest BCUT2D eigenvalue weighted by Gasteiger charge is -2.16. The van der Waals surface area contributed by atoms with E-state index in [2.05, 4.69) is 5.43 Å². The van der Waals surface area contributed by atoms with E-state index in [4.69, 9.17) is 17.4 Å². The molecule has 16 heavy (non-hydrogen) atoms. The second kappa shape index (κ2) is 5.87. The van der Waals surface area contributed by atoms with Crippen LogP contribution in [-0.2, 0) is 4.79 Å². The van der Waals surface area contributed by atoms with Crippen molar-refractivity contribution in [3.63, 3.8) is 0 Å². The lowest BCUT2D eigenvalue weighted by atomic mass is 9.93. The molecule has 4 heteroatoms. The first-order valence-electron chi connectivity index (χ1n) is 5.36. The van der Waals surface area contributed by atoms with E-state index in [1.165, 1.54) is 0 Å². The Morgan fingerprint density at radius 3 is 2.75 bits per heavy atom. The largest absolute Gasteiger partial charge is 0.294 e. The fourth-order valence-corrected chi connectivity index (χ4v) is 2.10. The third-order valence-corrected chi connectivity index (χ3v) is 2.89. The van der Waals surface area contributed by atoms with Crippen LogP contribution in [0.3, 0.4) is 0 Å². The van der Waals surface area contributed by atoms with E-state index in [0.29, 0.717) is 5.02 Å². The van der Waals surface area contributed by atoms with E-state index in [-0.39, 0.29) is 11.8 Å². The highest BCUT2D eigenvalue weighted by Gasteiger charge is 2.21. The summed E-state index contributed by atoms with van der Waals surface area (Å²) in [6.07, 6.45) is 1.65. The van der Waals surface area contributed by atoms with E-state index in [1.54, 1.807) is 0 Å². The molecule has 0 aliphatic heterocycles. The van der Waals surface area contributed by atoms with Crippen molar-refractivity contribution >= 4 is 17.5 Å². The Morgan fingerprint density at radius 2 is 2.25 bits per heavy atom. The minimum Gasteiger partial charge on any atom is -0.294 e. The van der Waals surface area contributed by atoms with Crippen molar-refractivity contribution in [3.8, 4) is 0 Å². The van der Waals surface area contributed by atoms with Crippen LogP contribution >= 0.6 is 11.6 Å². The molecule has 1 unspecified atom stereocenters. The van der Waals surface area contributed by atoms with Gasteiger partial charge in [-0.05, 0) is 30.5 Å². The maximum atomic E-state index is 11.6. The first kappa shape index (κ1) is 13.0. The minimum absolute atomic E-state index is 0.187. The molecule has 3 nitrogen and oxygen atoms in total. The number of benzene rings is 1. The van der Waals surface area contributed by atoms with Gasteiger partial charge in [0.2, 0.25) is 5.91 Å². The molecule has 0 spiro atoms.